The Labute approximate surface area is 126 Å². The number of carboxylic acids is 1. The Bertz CT molecular complexity index is 504. The SMILES string of the molecule is CCC(C)NC(=O)C(C)Oc1ccc(C(=O)O)cc1Br. The molecule has 0 aliphatic carbocycles. The summed E-state index contributed by atoms with van der Waals surface area (Å²) in [4.78, 5) is 22.7. The van der Waals surface area contributed by atoms with Crippen LogP contribution in [0.25, 0.3) is 0 Å². The molecule has 0 spiro atoms. The molecule has 5 nitrogen and oxygen atoms in total. The molecule has 6 heteroatoms. The van der Waals surface area contributed by atoms with E-state index in [0.29, 0.717) is 10.2 Å². The zero-order chi connectivity index (χ0) is 15.3. The van der Waals surface area contributed by atoms with E-state index in [-0.39, 0.29) is 17.5 Å². The van der Waals surface area contributed by atoms with Crippen LogP contribution in [0.4, 0.5) is 0 Å². The highest BCUT2D eigenvalue weighted by atomic mass is 79.9. The monoisotopic (exact) mass is 343 g/mol. The normalized spacial score (nSPS) is 13.4. The average molecular weight is 344 g/mol. The van der Waals surface area contributed by atoms with E-state index < -0.39 is 12.1 Å². The van der Waals surface area contributed by atoms with Gasteiger partial charge < -0.3 is 15.2 Å². The Morgan fingerprint density at radius 1 is 1.40 bits per heavy atom. The number of carbonyl (C=O) groups excluding carboxylic acids is 1. The number of halogens is 1. The number of carboxylic acid groups (broad SMARTS) is 1. The fraction of sp³-hybridized carbons (Fsp3) is 0.429. The molecule has 1 aromatic rings. The minimum atomic E-state index is -1.01. The molecule has 110 valence electrons. The van der Waals surface area contributed by atoms with Crippen molar-refractivity contribution in [3.8, 4) is 5.75 Å². The molecular formula is C14H18BrNO4. The maximum Gasteiger partial charge on any atom is 0.335 e. The lowest BCUT2D eigenvalue weighted by Crippen LogP contribution is -2.41. The van der Waals surface area contributed by atoms with Gasteiger partial charge in [0.15, 0.2) is 6.10 Å². The number of aromatic carboxylic acids is 1. The lowest BCUT2D eigenvalue weighted by Gasteiger charge is -2.18. The number of hydrogen-bond acceptors (Lipinski definition) is 3. The van der Waals surface area contributed by atoms with E-state index in [2.05, 4.69) is 21.2 Å². The largest absolute Gasteiger partial charge is 0.480 e. The molecule has 2 atom stereocenters. The molecule has 0 fully saturated rings. The van der Waals surface area contributed by atoms with Crippen molar-refractivity contribution in [1.82, 2.24) is 5.32 Å². The van der Waals surface area contributed by atoms with Crippen molar-refractivity contribution < 1.29 is 19.4 Å². The Balaban J connectivity index is 2.73. The minimum Gasteiger partial charge on any atom is -0.480 e. The van der Waals surface area contributed by atoms with Crippen LogP contribution in [0.15, 0.2) is 22.7 Å². The molecule has 2 N–H and O–H groups in total. The standard InChI is InChI=1S/C14H18BrNO4/c1-4-8(2)16-13(17)9(3)20-12-6-5-10(14(18)19)7-11(12)15/h5-9H,4H2,1-3H3,(H,16,17)(H,18,19). The van der Waals surface area contributed by atoms with Crippen molar-refractivity contribution >= 4 is 27.8 Å². The van der Waals surface area contributed by atoms with Gasteiger partial charge in [0.05, 0.1) is 10.0 Å². The molecule has 0 bridgehead atoms. The maximum absolute atomic E-state index is 11.9. The zero-order valence-electron chi connectivity index (χ0n) is 11.6. The summed E-state index contributed by atoms with van der Waals surface area (Å²) in [6.45, 7) is 5.55. The van der Waals surface area contributed by atoms with E-state index in [9.17, 15) is 9.59 Å². The van der Waals surface area contributed by atoms with Gasteiger partial charge in [0, 0.05) is 6.04 Å². The molecule has 0 heterocycles. The second kappa shape index (κ2) is 7.28. The average Bonchev–Trinajstić information content (AvgIpc) is 2.40. The molecule has 1 amide bonds. The summed E-state index contributed by atoms with van der Waals surface area (Å²) < 4.78 is 6.04. The van der Waals surface area contributed by atoms with Crippen molar-refractivity contribution in [2.24, 2.45) is 0 Å². The lowest BCUT2D eigenvalue weighted by molar-refractivity contribution is -0.127. The van der Waals surface area contributed by atoms with E-state index >= 15 is 0 Å². The molecular weight excluding hydrogens is 326 g/mol. The summed E-state index contributed by atoms with van der Waals surface area (Å²) in [6, 6.07) is 4.49. The molecule has 0 aliphatic rings. The van der Waals surface area contributed by atoms with E-state index in [1.54, 1.807) is 6.92 Å². The van der Waals surface area contributed by atoms with Crippen LogP contribution in [0, 0.1) is 0 Å². The first-order valence-corrected chi connectivity index (χ1v) is 7.14. The summed E-state index contributed by atoms with van der Waals surface area (Å²) in [5, 5.41) is 11.7. The van der Waals surface area contributed by atoms with Crippen LogP contribution in [0.1, 0.15) is 37.6 Å². The number of nitrogens with one attached hydrogen (secondary N) is 1. The molecule has 2 unspecified atom stereocenters. The molecule has 0 radical (unpaired) electrons. The van der Waals surface area contributed by atoms with Gasteiger partial charge in [-0.2, -0.15) is 0 Å². The smallest absolute Gasteiger partial charge is 0.335 e. The van der Waals surface area contributed by atoms with Gasteiger partial charge >= 0.3 is 5.97 Å². The Kier molecular flexibility index (Phi) is 6.01. The van der Waals surface area contributed by atoms with Crippen molar-refractivity contribution in [1.29, 1.82) is 0 Å². The van der Waals surface area contributed by atoms with E-state index in [4.69, 9.17) is 9.84 Å². The van der Waals surface area contributed by atoms with E-state index in [1.807, 2.05) is 13.8 Å². The summed E-state index contributed by atoms with van der Waals surface area (Å²) in [5.41, 5.74) is 0.154. The Morgan fingerprint density at radius 2 is 2.05 bits per heavy atom. The van der Waals surface area contributed by atoms with Gasteiger partial charge in [0.2, 0.25) is 0 Å². The third kappa shape index (κ3) is 4.52. The van der Waals surface area contributed by atoms with Crippen LogP contribution >= 0.6 is 15.9 Å². The van der Waals surface area contributed by atoms with Crippen molar-refractivity contribution in [3.05, 3.63) is 28.2 Å². The zero-order valence-corrected chi connectivity index (χ0v) is 13.2. The predicted octanol–water partition coefficient (Wildman–Crippen LogP) is 2.83. The van der Waals surface area contributed by atoms with Gasteiger partial charge in [-0.3, -0.25) is 4.79 Å². The topological polar surface area (TPSA) is 75.6 Å². The van der Waals surface area contributed by atoms with Crippen LogP contribution in [0.3, 0.4) is 0 Å². The quantitative estimate of drug-likeness (QED) is 0.832. The summed E-state index contributed by atoms with van der Waals surface area (Å²) in [6.07, 6.45) is 0.186. The molecule has 1 aromatic carbocycles. The first-order chi connectivity index (χ1) is 9.35. The van der Waals surface area contributed by atoms with Gasteiger partial charge in [0.1, 0.15) is 5.75 Å². The number of benzene rings is 1. The number of hydrogen-bond donors (Lipinski definition) is 2. The Morgan fingerprint density at radius 3 is 2.55 bits per heavy atom. The molecule has 1 rings (SSSR count). The molecule has 0 aliphatic heterocycles. The molecule has 20 heavy (non-hydrogen) atoms. The van der Waals surface area contributed by atoms with Crippen LogP contribution in [0.5, 0.6) is 5.75 Å². The molecule has 0 saturated carbocycles. The van der Waals surface area contributed by atoms with Crippen LogP contribution < -0.4 is 10.1 Å². The lowest BCUT2D eigenvalue weighted by atomic mass is 10.2. The number of amides is 1. The fourth-order valence-corrected chi connectivity index (χ4v) is 1.91. The fourth-order valence-electron chi connectivity index (χ4n) is 1.44. The van der Waals surface area contributed by atoms with Crippen molar-refractivity contribution in [3.63, 3.8) is 0 Å². The second-order valence-electron chi connectivity index (χ2n) is 4.53. The van der Waals surface area contributed by atoms with Crippen molar-refractivity contribution in [2.75, 3.05) is 0 Å². The van der Waals surface area contributed by atoms with Gasteiger partial charge in [-0.1, -0.05) is 6.92 Å². The molecule has 0 saturated heterocycles. The number of carbonyl (C=O) groups is 2. The van der Waals surface area contributed by atoms with Crippen LogP contribution in [-0.2, 0) is 4.79 Å². The third-order valence-electron chi connectivity index (χ3n) is 2.85. The third-order valence-corrected chi connectivity index (χ3v) is 3.47. The van der Waals surface area contributed by atoms with Crippen LogP contribution in [0.2, 0.25) is 0 Å². The van der Waals surface area contributed by atoms with Crippen LogP contribution in [-0.4, -0.2) is 29.1 Å². The first kappa shape index (κ1) is 16.5. The highest BCUT2D eigenvalue weighted by Crippen LogP contribution is 2.27. The highest BCUT2D eigenvalue weighted by Gasteiger charge is 2.18. The predicted molar refractivity (Wildman–Crippen MR) is 79.1 cm³/mol. The number of rotatable bonds is 6. The van der Waals surface area contributed by atoms with Gasteiger partial charge in [-0.15, -0.1) is 0 Å². The Hall–Kier alpha value is -1.56. The second-order valence-corrected chi connectivity index (χ2v) is 5.38. The van der Waals surface area contributed by atoms with Gasteiger partial charge in [-0.25, -0.2) is 4.79 Å². The number of ether oxygens (including phenoxy) is 1. The van der Waals surface area contributed by atoms with Gasteiger partial charge in [0.25, 0.3) is 5.91 Å². The van der Waals surface area contributed by atoms with E-state index in [0.717, 1.165) is 6.42 Å². The summed E-state index contributed by atoms with van der Waals surface area (Å²) >= 11 is 3.24. The first-order valence-electron chi connectivity index (χ1n) is 6.35. The van der Waals surface area contributed by atoms with Gasteiger partial charge in [-0.05, 0) is 54.4 Å². The maximum atomic E-state index is 11.9. The minimum absolute atomic E-state index is 0.0892. The summed E-state index contributed by atoms with van der Waals surface area (Å²) in [5.74, 6) is -0.782. The van der Waals surface area contributed by atoms with Crippen molar-refractivity contribution in [2.45, 2.75) is 39.3 Å². The highest BCUT2D eigenvalue weighted by molar-refractivity contribution is 9.10. The molecule has 0 aromatic heterocycles. The summed E-state index contributed by atoms with van der Waals surface area (Å²) in [7, 11) is 0. The van der Waals surface area contributed by atoms with E-state index in [1.165, 1.54) is 18.2 Å².